The van der Waals surface area contributed by atoms with E-state index in [9.17, 15) is 0 Å². The Balaban J connectivity index is 2.31. The Morgan fingerprint density at radius 2 is 1.43 bits per heavy atom. The molecule has 0 spiro atoms. The molecule has 1 aliphatic heterocycles. The van der Waals surface area contributed by atoms with E-state index < -0.39 is 0 Å². The lowest BCUT2D eigenvalue weighted by molar-refractivity contribution is 1.25. The van der Waals surface area contributed by atoms with Crippen molar-refractivity contribution in [3.8, 4) is 0 Å². The standard InChI is InChI=1S/C9H6S5/c10-9-13-7-3-5-6(4-8(7)14-9)12-2-1-11-5/h3-4H,1-2H2. The molecule has 0 nitrogen and oxygen atoms in total. The fourth-order valence-electron chi connectivity index (χ4n) is 1.41. The van der Waals surface area contributed by atoms with Crippen LogP contribution >= 0.6 is 58.4 Å². The number of thioether (sulfide) groups is 2. The molecule has 0 saturated heterocycles. The van der Waals surface area contributed by atoms with Crippen molar-refractivity contribution in [2.75, 3.05) is 11.5 Å². The number of fused-ring (bicyclic) bond motifs is 2. The molecule has 2 aromatic rings. The third-order valence-electron chi connectivity index (χ3n) is 2.00. The first-order valence-electron chi connectivity index (χ1n) is 4.16. The molecular formula is C9H6S5. The van der Waals surface area contributed by atoms with Crippen molar-refractivity contribution in [2.24, 2.45) is 0 Å². The predicted molar refractivity (Wildman–Crippen MR) is 72.0 cm³/mol. The van der Waals surface area contributed by atoms with E-state index in [2.05, 4.69) is 12.1 Å². The first kappa shape index (κ1) is 9.66. The second-order valence-electron chi connectivity index (χ2n) is 2.90. The van der Waals surface area contributed by atoms with Gasteiger partial charge in [0.1, 0.15) is 3.14 Å². The van der Waals surface area contributed by atoms with Crippen molar-refractivity contribution in [1.29, 1.82) is 0 Å². The highest BCUT2D eigenvalue weighted by Crippen LogP contribution is 2.41. The summed E-state index contributed by atoms with van der Waals surface area (Å²) in [7, 11) is 0. The first-order chi connectivity index (χ1) is 6.83. The fourth-order valence-corrected chi connectivity index (χ4v) is 6.35. The molecule has 0 fully saturated rings. The molecule has 0 unspecified atom stereocenters. The van der Waals surface area contributed by atoms with E-state index in [0.29, 0.717) is 0 Å². The molecule has 3 rings (SSSR count). The summed E-state index contributed by atoms with van der Waals surface area (Å²) in [6.45, 7) is 0. The number of benzene rings is 1. The van der Waals surface area contributed by atoms with Gasteiger partial charge < -0.3 is 0 Å². The van der Waals surface area contributed by atoms with Crippen molar-refractivity contribution in [1.82, 2.24) is 0 Å². The Labute approximate surface area is 104 Å². The zero-order valence-electron chi connectivity index (χ0n) is 7.11. The molecular weight excluding hydrogens is 268 g/mol. The van der Waals surface area contributed by atoms with Gasteiger partial charge in [0.2, 0.25) is 0 Å². The normalized spacial score (nSPS) is 15.7. The molecule has 0 N–H and O–H groups in total. The van der Waals surface area contributed by atoms with E-state index in [1.54, 1.807) is 22.7 Å². The molecule has 0 aliphatic carbocycles. The highest BCUT2D eigenvalue weighted by Gasteiger charge is 2.12. The third-order valence-corrected chi connectivity index (χ3v) is 7.07. The van der Waals surface area contributed by atoms with Gasteiger partial charge in [0.15, 0.2) is 0 Å². The SMILES string of the molecule is S=c1sc2cc3c(cc2s1)SCCS3. The van der Waals surface area contributed by atoms with E-state index in [1.807, 2.05) is 23.5 Å². The summed E-state index contributed by atoms with van der Waals surface area (Å²) in [6, 6.07) is 4.61. The molecule has 14 heavy (non-hydrogen) atoms. The highest BCUT2D eigenvalue weighted by molar-refractivity contribution is 8.05. The van der Waals surface area contributed by atoms with Crippen LogP contribution in [0.5, 0.6) is 0 Å². The van der Waals surface area contributed by atoms with Crippen LogP contribution < -0.4 is 0 Å². The molecule has 0 radical (unpaired) electrons. The van der Waals surface area contributed by atoms with Crippen molar-refractivity contribution in [3.05, 3.63) is 15.3 Å². The van der Waals surface area contributed by atoms with E-state index >= 15 is 0 Å². The number of hydrogen-bond acceptors (Lipinski definition) is 5. The van der Waals surface area contributed by atoms with Crippen molar-refractivity contribution < 1.29 is 0 Å². The first-order valence-corrected chi connectivity index (χ1v) is 8.17. The summed E-state index contributed by atoms with van der Waals surface area (Å²) in [5, 5.41) is 0. The van der Waals surface area contributed by atoms with Crippen LogP contribution in [0.25, 0.3) is 9.40 Å². The van der Waals surface area contributed by atoms with Gasteiger partial charge in [-0.25, -0.2) is 0 Å². The molecule has 0 atom stereocenters. The maximum atomic E-state index is 5.21. The van der Waals surface area contributed by atoms with Crippen LogP contribution in [0, 0.1) is 3.14 Å². The zero-order valence-corrected chi connectivity index (χ0v) is 11.2. The largest absolute Gasteiger partial charge is 0.144 e. The highest BCUT2D eigenvalue weighted by atomic mass is 32.2. The van der Waals surface area contributed by atoms with Gasteiger partial charge >= 0.3 is 0 Å². The Kier molecular flexibility index (Phi) is 2.62. The fraction of sp³-hybridized carbons (Fsp3) is 0.222. The summed E-state index contributed by atoms with van der Waals surface area (Å²) >= 11 is 12.6. The van der Waals surface area contributed by atoms with Gasteiger partial charge in [0, 0.05) is 30.7 Å². The van der Waals surface area contributed by atoms with Crippen LogP contribution in [-0.2, 0) is 0 Å². The lowest BCUT2D eigenvalue weighted by Crippen LogP contribution is -1.92. The molecule has 1 aliphatic rings. The molecule has 0 bridgehead atoms. The monoisotopic (exact) mass is 274 g/mol. The van der Waals surface area contributed by atoms with E-state index in [0.717, 1.165) is 3.14 Å². The van der Waals surface area contributed by atoms with Gasteiger partial charge in [-0.15, -0.1) is 46.2 Å². The summed E-state index contributed by atoms with van der Waals surface area (Å²) < 4.78 is 3.75. The number of hydrogen-bond donors (Lipinski definition) is 0. The van der Waals surface area contributed by atoms with Gasteiger partial charge in [-0.2, -0.15) is 0 Å². The average Bonchev–Trinajstić information content (AvgIpc) is 2.53. The van der Waals surface area contributed by atoms with Crippen molar-refractivity contribution in [3.63, 3.8) is 0 Å². The second-order valence-corrected chi connectivity index (χ2v) is 8.46. The molecule has 1 aromatic carbocycles. The van der Waals surface area contributed by atoms with Crippen LogP contribution in [-0.4, -0.2) is 11.5 Å². The van der Waals surface area contributed by atoms with Gasteiger partial charge in [0.05, 0.1) is 0 Å². The van der Waals surface area contributed by atoms with Crippen molar-refractivity contribution >= 4 is 67.8 Å². The second kappa shape index (κ2) is 3.79. The zero-order chi connectivity index (χ0) is 9.54. The van der Waals surface area contributed by atoms with Crippen LogP contribution in [0.3, 0.4) is 0 Å². The lowest BCUT2D eigenvalue weighted by Gasteiger charge is -2.13. The molecule has 2 heterocycles. The average molecular weight is 274 g/mol. The Bertz CT molecular complexity index is 490. The summed E-state index contributed by atoms with van der Waals surface area (Å²) in [4.78, 5) is 2.88. The van der Waals surface area contributed by atoms with E-state index in [1.165, 1.54) is 30.7 Å². The minimum absolute atomic E-state index is 1.04. The minimum Gasteiger partial charge on any atom is -0.124 e. The Morgan fingerprint density at radius 1 is 0.929 bits per heavy atom. The molecule has 0 amide bonds. The van der Waals surface area contributed by atoms with Gasteiger partial charge in [-0.05, 0) is 12.1 Å². The molecule has 5 heteroatoms. The summed E-state index contributed by atoms with van der Waals surface area (Å²) in [6.07, 6.45) is 0. The van der Waals surface area contributed by atoms with Crippen LogP contribution in [0.4, 0.5) is 0 Å². The summed E-state index contributed by atoms with van der Waals surface area (Å²) in [5.41, 5.74) is 0. The maximum absolute atomic E-state index is 5.21. The predicted octanol–water partition coefficient (Wildman–Crippen LogP) is 4.89. The van der Waals surface area contributed by atoms with E-state index in [4.69, 9.17) is 12.2 Å². The van der Waals surface area contributed by atoms with Crippen molar-refractivity contribution in [2.45, 2.75) is 9.79 Å². The van der Waals surface area contributed by atoms with Crippen LogP contribution in [0.2, 0.25) is 0 Å². The lowest BCUT2D eigenvalue weighted by atomic mass is 10.4. The Morgan fingerprint density at radius 3 is 1.93 bits per heavy atom. The van der Waals surface area contributed by atoms with Gasteiger partial charge in [-0.3, -0.25) is 0 Å². The minimum atomic E-state index is 1.04. The molecule has 1 aromatic heterocycles. The quantitative estimate of drug-likeness (QED) is 0.628. The maximum Gasteiger partial charge on any atom is 0.144 e. The topological polar surface area (TPSA) is 0 Å². The Hall–Kier alpha value is 0.450. The molecule has 72 valence electrons. The number of rotatable bonds is 0. The van der Waals surface area contributed by atoms with Crippen LogP contribution in [0.1, 0.15) is 0 Å². The molecule has 0 saturated carbocycles. The smallest absolute Gasteiger partial charge is 0.124 e. The van der Waals surface area contributed by atoms with Gasteiger partial charge in [0.25, 0.3) is 0 Å². The van der Waals surface area contributed by atoms with E-state index in [-0.39, 0.29) is 0 Å². The van der Waals surface area contributed by atoms with Crippen LogP contribution in [0.15, 0.2) is 21.9 Å². The third kappa shape index (κ3) is 1.65. The van der Waals surface area contributed by atoms with Gasteiger partial charge in [-0.1, -0.05) is 12.2 Å². The summed E-state index contributed by atoms with van der Waals surface area (Å²) in [5.74, 6) is 2.47.